The fraction of sp³-hybridized carbons (Fsp3) is 0.400. The summed E-state index contributed by atoms with van der Waals surface area (Å²) in [7, 11) is 0. The average molecular weight is 270 g/mol. The van der Waals surface area contributed by atoms with Gasteiger partial charge in [0.15, 0.2) is 0 Å². The molecule has 20 heavy (non-hydrogen) atoms. The third-order valence-corrected chi connectivity index (χ3v) is 3.68. The van der Waals surface area contributed by atoms with Crippen LogP contribution < -0.4 is 5.32 Å². The van der Waals surface area contributed by atoms with Crippen LogP contribution in [0.25, 0.3) is 0 Å². The van der Waals surface area contributed by atoms with Crippen LogP contribution in [-0.4, -0.2) is 27.2 Å². The van der Waals surface area contributed by atoms with Crippen LogP contribution in [0.15, 0.2) is 30.7 Å². The van der Waals surface area contributed by atoms with Gasteiger partial charge in [0.1, 0.15) is 0 Å². The monoisotopic (exact) mass is 270 g/mol. The van der Waals surface area contributed by atoms with Crippen LogP contribution in [0, 0.1) is 0 Å². The Labute approximate surface area is 118 Å². The highest BCUT2D eigenvalue weighted by atomic mass is 16.1. The molecular formula is C15H18N4O. The average Bonchev–Trinajstić information content (AvgIpc) is 2.92. The number of hydrogen-bond donors (Lipinski definition) is 1. The molecule has 0 fully saturated rings. The fourth-order valence-electron chi connectivity index (χ4n) is 2.62. The molecule has 5 nitrogen and oxygen atoms in total. The summed E-state index contributed by atoms with van der Waals surface area (Å²) in [5.41, 5.74) is 3.30. The molecule has 2 aromatic heterocycles. The molecule has 0 aromatic carbocycles. The van der Waals surface area contributed by atoms with Crippen LogP contribution in [0.1, 0.15) is 34.5 Å². The Hall–Kier alpha value is -2.17. The minimum absolute atomic E-state index is 0.0841. The van der Waals surface area contributed by atoms with Gasteiger partial charge in [-0.05, 0) is 43.4 Å². The van der Waals surface area contributed by atoms with E-state index in [2.05, 4.69) is 15.4 Å². The third kappa shape index (κ3) is 2.71. The highest BCUT2D eigenvalue weighted by Gasteiger charge is 2.14. The molecular weight excluding hydrogens is 252 g/mol. The smallest absolute Gasteiger partial charge is 0.252 e. The van der Waals surface area contributed by atoms with Gasteiger partial charge in [-0.3, -0.25) is 14.5 Å². The molecule has 0 unspecified atom stereocenters. The summed E-state index contributed by atoms with van der Waals surface area (Å²) in [6, 6.07) is 3.52. The van der Waals surface area contributed by atoms with Gasteiger partial charge in [-0.2, -0.15) is 5.10 Å². The van der Waals surface area contributed by atoms with E-state index in [9.17, 15) is 4.79 Å². The Morgan fingerprint density at radius 1 is 1.30 bits per heavy atom. The van der Waals surface area contributed by atoms with E-state index < -0.39 is 0 Å². The lowest BCUT2D eigenvalue weighted by atomic mass is 9.98. The first-order chi connectivity index (χ1) is 9.84. The molecule has 0 spiro atoms. The molecule has 0 radical (unpaired) electrons. The fourth-order valence-corrected chi connectivity index (χ4v) is 2.62. The Morgan fingerprint density at radius 2 is 2.20 bits per heavy atom. The van der Waals surface area contributed by atoms with Crippen LogP contribution >= 0.6 is 0 Å². The lowest BCUT2D eigenvalue weighted by Crippen LogP contribution is -2.28. The van der Waals surface area contributed by atoms with E-state index in [1.807, 2.05) is 10.9 Å². The molecule has 0 aliphatic heterocycles. The van der Waals surface area contributed by atoms with Gasteiger partial charge < -0.3 is 5.32 Å². The number of aromatic nitrogens is 3. The maximum absolute atomic E-state index is 11.9. The molecule has 1 N–H and O–H groups in total. The van der Waals surface area contributed by atoms with Gasteiger partial charge in [0.05, 0.1) is 18.3 Å². The molecule has 2 aromatic rings. The number of carbonyl (C=O) groups is 1. The molecule has 5 heteroatoms. The van der Waals surface area contributed by atoms with E-state index in [4.69, 9.17) is 0 Å². The van der Waals surface area contributed by atoms with Crippen LogP contribution in [0.3, 0.4) is 0 Å². The Balaban J connectivity index is 1.55. The van der Waals surface area contributed by atoms with Gasteiger partial charge in [0, 0.05) is 24.6 Å². The lowest BCUT2D eigenvalue weighted by Gasteiger charge is -2.14. The SMILES string of the molecule is O=C(NCCn1ncc2c1CCCC2)c1cccnc1. The number of nitrogens with one attached hydrogen (secondary N) is 1. The van der Waals surface area contributed by atoms with Gasteiger partial charge in [0.25, 0.3) is 5.91 Å². The van der Waals surface area contributed by atoms with E-state index in [0.29, 0.717) is 12.1 Å². The number of hydrogen-bond acceptors (Lipinski definition) is 3. The second-order valence-electron chi connectivity index (χ2n) is 5.04. The predicted octanol–water partition coefficient (Wildman–Crippen LogP) is 1.59. The third-order valence-electron chi connectivity index (χ3n) is 3.68. The molecule has 1 aliphatic carbocycles. The summed E-state index contributed by atoms with van der Waals surface area (Å²) in [5, 5.41) is 7.32. The van der Waals surface area contributed by atoms with Crippen molar-refractivity contribution in [2.75, 3.05) is 6.54 Å². The van der Waals surface area contributed by atoms with Crippen molar-refractivity contribution >= 4 is 5.91 Å². The van der Waals surface area contributed by atoms with Gasteiger partial charge in [-0.25, -0.2) is 0 Å². The molecule has 0 atom stereocenters. The first-order valence-electron chi connectivity index (χ1n) is 7.06. The van der Waals surface area contributed by atoms with Gasteiger partial charge >= 0.3 is 0 Å². The summed E-state index contributed by atoms with van der Waals surface area (Å²) in [4.78, 5) is 15.8. The topological polar surface area (TPSA) is 59.8 Å². The maximum Gasteiger partial charge on any atom is 0.252 e. The Morgan fingerprint density at radius 3 is 3.05 bits per heavy atom. The molecule has 0 saturated carbocycles. The van der Waals surface area contributed by atoms with Crippen molar-refractivity contribution in [3.8, 4) is 0 Å². The molecule has 2 heterocycles. The predicted molar refractivity (Wildman–Crippen MR) is 75.4 cm³/mol. The summed E-state index contributed by atoms with van der Waals surface area (Å²) < 4.78 is 2.03. The number of pyridine rings is 1. The first-order valence-corrected chi connectivity index (χ1v) is 7.06. The summed E-state index contributed by atoms with van der Waals surface area (Å²) >= 11 is 0. The van der Waals surface area contributed by atoms with Crippen LogP contribution in [0.4, 0.5) is 0 Å². The van der Waals surface area contributed by atoms with Crippen molar-refractivity contribution < 1.29 is 4.79 Å². The summed E-state index contributed by atoms with van der Waals surface area (Å²) in [5.74, 6) is -0.0841. The van der Waals surface area contributed by atoms with E-state index in [-0.39, 0.29) is 5.91 Å². The second kappa shape index (κ2) is 5.86. The number of carbonyl (C=O) groups excluding carboxylic acids is 1. The highest BCUT2D eigenvalue weighted by molar-refractivity contribution is 5.93. The maximum atomic E-state index is 11.9. The highest BCUT2D eigenvalue weighted by Crippen LogP contribution is 2.20. The summed E-state index contributed by atoms with van der Waals surface area (Å²) in [6.45, 7) is 1.31. The van der Waals surface area contributed by atoms with Crippen molar-refractivity contribution in [1.29, 1.82) is 0 Å². The molecule has 0 saturated heterocycles. The number of nitrogens with zero attached hydrogens (tertiary/aromatic N) is 3. The zero-order valence-electron chi connectivity index (χ0n) is 11.4. The number of amides is 1. The number of fused-ring (bicyclic) bond motifs is 1. The van der Waals surface area contributed by atoms with Gasteiger partial charge in [0.2, 0.25) is 0 Å². The minimum Gasteiger partial charge on any atom is -0.350 e. The van der Waals surface area contributed by atoms with E-state index in [0.717, 1.165) is 19.4 Å². The van der Waals surface area contributed by atoms with E-state index in [1.54, 1.807) is 24.5 Å². The Kier molecular flexibility index (Phi) is 3.76. The van der Waals surface area contributed by atoms with Crippen molar-refractivity contribution in [3.05, 3.63) is 47.5 Å². The van der Waals surface area contributed by atoms with Crippen molar-refractivity contribution in [2.24, 2.45) is 0 Å². The van der Waals surface area contributed by atoms with Gasteiger partial charge in [-0.15, -0.1) is 0 Å². The zero-order valence-corrected chi connectivity index (χ0v) is 11.4. The van der Waals surface area contributed by atoms with E-state index >= 15 is 0 Å². The zero-order chi connectivity index (χ0) is 13.8. The van der Waals surface area contributed by atoms with Crippen molar-refractivity contribution in [3.63, 3.8) is 0 Å². The first kappa shape index (κ1) is 12.8. The number of aryl methyl sites for hydroxylation is 1. The largest absolute Gasteiger partial charge is 0.350 e. The quantitative estimate of drug-likeness (QED) is 0.917. The van der Waals surface area contributed by atoms with Gasteiger partial charge in [-0.1, -0.05) is 0 Å². The Bertz CT molecular complexity index is 591. The molecule has 1 amide bonds. The second-order valence-corrected chi connectivity index (χ2v) is 5.04. The van der Waals surface area contributed by atoms with Crippen LogP contribution in [-0.2, 0) is 19.4 Å². The summed E-state index contributed by atoms with van der Waals surface area (Å²) in [6.07, 6.45) is 9.94. The lowest BCUT2D eigenvalue weighted by molar-refractivity contribution is 0.0951. The van der Waals surface area contributed by atoms with E-state index in [1.165, 1.54) is 24.1 Å². The molecule has 1 aliphatic rings. The van der Waals surface area contributed by atoms with Crippen molar-refractivity contribution in [2.45, 2.75) is 32.2 Å². The van der Waals surface area contributed by atoms with Crippen LogP contribution in [0.2, 0.25) is 0 Å². The molecule has 0 bridgehead atoms. The number of rotatable bonds is 4. The molecule has 104 valence electrons. The normalized spacial score (nSPS) is 13.8. The molecule has 3 rings (SSSR count). The van der Waals surface area contributed by atoms with Crippen molar-refractivity contribution in [1.82, 2.24) is 20.1 Å². The van der Waals surface area contributed by atoms with Crippen LogP contribution in [0.5, 0.6) is 0 Å². The standard InChI is InChI=1S/C15H18N4O/c20-15(13-5-3-7-16-10-13)17-8-9-19-14-6-2-1-4-12(14)11-18-19/h3,5,7,10-11H,1-2,4,6,8-9H2,(H,17,20). The minimum atomic E-state index is -0.0841.